The molecule has 7 nitrogen and oxygen atoms in total. The number of piperazine rings is 1. The van der Waals surface area contributed by atoms with E-state index in [4.69, 9.17) is 0 Å². The van der Waals surface area contributed by atoms with Gasteiger partial charge in [-0.1, -0.05) is 17.7 Å². The normalized spacial score (nSPS) is 15.8. The van der Waals surface area contributed by atoms with Crippen molar-refractivity contribution < 1.29 is 13.2 Å². The highest BCUT2D eigenvalue weighted by Gasteiger charge is 2.30. The van der Waals surface area contributed by atoms with E-state index in [0.29, 0.717) is 18.8 Å². The van der Waals surface area contributed by atoms with Crippen LogP contribution in [-0.2, 0) is 10.0 Å². The summed E-state index contributed by atoms with van der Waals surface area (Å²) in [4.78, 5) is 18.1. The van der Waals surface area contributed by atoms with Crippen LogP contribution in [0.3, 0.4) is 0 Å². The molecule has 1 aromatic carbocycles. The van der Waals surface area contributed by atoms with E-state index in [9.17, 15) is 13.2 Å². The Bertz CT molecular complexity index is 830. The van der Waals surface area contributed by atoms with Crippen molar-refractivity contribution in [3.05, 3.63) is 54.4 Å². The van der Waals surface area contributed by atoms with Crippen molar-refractivity contribution in [3.63, 3.8) is 0 Å². The molecule has 0 bridgehead atoms. The Kier molecular flexibility index (Phi) is 5.00. The van der Waals surface area contributed by atoms with E-state index in [1.165, 1.54) is 4.31 Å². The molecule has 0 radical (unpaired) electrons. The van der Waals surface area contributed by atoms with Crippen molar-refractivity contribution in [2.75, 3.05) is 31.5 Å². The Morgan fingerprint density at radius 3 is 2.36 bits per heavy atom. The van der Waals surface area contributed by atoms with Gasteiger partial charge in [0.1, 0.15) is 0 Å². The first-order valence-electron chi connectivity index (χ1n) is 7.99. The lowest BCUT2D eigenvalue weighted by molar-refractivity contribution is 0.184. The quantitative estimate of drug-likeness (QED) is 0.907. The first-order chi connectivity index (χ1) is 12.0. The molecule has 0 spiro atoms. The van der Waals surface area contributed by atoms with E-state index < -0.39 is 10.0 Å². The zero-order chi connectivity index (χ0) is 17.9. The number of carbonyl (C=O) groups excluding carboxylic acids is 1. The van der Waals surface area contributed by atoms with Crippen LogP contribution >= 0.6 is 0 Å². The minimum absolute atomic E-state index is 0.250. The molecule has 3 rings (SSSR count). The molecule has 2 amide bonds. The molecule has 1 aromatic heterocycles. The summed E-state index contributed by atoms with van der Waals surface area (Å²) in [5, 5.41) is 2.76. The zero-order valence-corrected chi connectivity index (χ0v) is 14.7. The van der Waals surface area contributed by atoms with Crippen LogP contribution < -0.4 is 5.32 Å². The minimum atomic E-state index is -3.52. The number of nitrogens with one attached hydrogen (secondary N) is 1. The number of carbonyl (C=O) groups is 1. The van der Waals surface area contributed by atoms with E-state index in [1.54, 1.807) is 53.7 Å². The van der Waals surface area contributed by atoms with Gasteiger partial charge in [0.25, 0.3) is 0 Å². The number of pyridine rings is 1. The fourth-order valence-electron chi connectivity index (χ4n) is 2.63. The number of hydrogen-bond acceptors (Lipinski definition) is 4. The van der Waals surface area contributed by atoms with Crippen LogP contribution in [-0.4, -0.2) is 54.8 Å². The number of aryl methyl sites for hydroxylation is 1. The second kappa shape index (κ2) is 7.20. The molecule has 0 saturated carbocycles. The van der Waals surface area contributed by atoms with Gasteiger partial charge in [-0.15, -0.1) is 0 Å². The van der Waals surface area contributed by atoms with Crippen LogP contribution in [0.1, 0.15) is 5.56 Å². The lowest BCUT2D eigenvalue weighted by Crippen LogP contribution is -2.51. The van der Waals surface area contributed by atoms with Gasteiger partial charge in [-0.25, -0.2) is 13.2 Å². The Labute approximate surface area is 147 Å². The molecule has 0 aliphatic carbocycles. The number of hydrogen-bond donors (Lipinski definition) is 1. The molecule has 1 aliphatic heterocycles. The highest BCUT2D eigenvalue weighted by atomic mass is 32.2. The van der Waals surface area contributed by atoms with E-state index in [0.717, 1.165) is 5.56 Å². The van der Waals surface area contributed by atoms with Crippen molar-refractivity contribution in [3.8, 4) is 0 Å². The summed E-state index contributed by atoms with van der Waals surface area (Å²) < 4.78 is 26.8. The van der Waals surface area contributed by atoms with Crippen LogP contribution in [0.15, 0.2) is 53.7 Å². The van der Waals surface area contributed by atoms with Crippen molar-refractivity contribution >= 4 is 21.7 Å². The molecular weight excluding hydrogens is 340 g/mol. The Morgan fingerprint density at radius 2 is 1.76 bits per heavy atom. The number of nitrogens with zero attached hydrogens (tertiary/aromatic N) is 3. The maximum Gasteiger partial charge on any atom is 0.321 e. The summed E-state index contributed by atoms with van der Waals surface area (Å²) in [5.41, 5.74) is 1.62. The van der Waals surface area contributed by atoms with Gasteiger partial charge in [0, 0.05) is 32.4 Å². The standard InChI is InChI=1S/C17H20N4O3S/c1-14-4-6-16(7-5-14)25(23,24)21-11-9-20(10-12-21)17(22)19-15-3-2-8-18-13-15/h2-8,13H,9-12H2,1H3,(H,19,22). The predicted molar refractivity (Wildman–Crippen MR) is 94.8 cm³/mol. The number of benzene rings is 1. The summed E-state index contributed by atoms with van der Waals surface area (Å²) in [7, 11) is -3.52. The highest BCUT2D eigenvalue weighted by Crippen LogP contribution is 2.18. The third-order valence-electron chi connectivity index (χ3n) is 4.10. The number of urea groups is 1. The summed E-state index contributed by atoms with van der Waals surface area (Å²) >= 11 is 0. The number of anilines is 1. The third kappa shape index (κ3) is 3.97. The average Bonchev–Trinajstić information content (AvgIpc) is 2.63. The van der Waals surface area contributed by atoms with E-state index in [2.05, 4.69) is 10.3 Å². The third-order valence-corrected chi connectivity index (χ3v) is 6.01. The van der Waals surface area contributed by atoms with Gasteiger partial charge in [0.15, 0.2) is 0 Å². The first-order valence-corrected chi connectivity index (χ1v) is 9.43. The van der Waals surface area contributed by atoms with Crippen molar-refractivity contribution in [1.29, 1.82) is 0 Å². The van der Waals surface area contributed by atoms with Crippen LogP contribution in [0.4, 0.5) is 10.5 Å². The van der Waals surface area contributed by atoms with Gasteiger partial charge >= 0.3 is 6.03 Å². The van der Waals surface area contributed by atoms with Gasteiger partial charge in [0.05, 0.1) is 16.8 Å². The molecule has 2 aromatic rings. The Balaban J connectivity index is 1.61. The number of rotatable bonds is 3. The topological polar surface area (TPSA) is 82.6 Å². The molecule has 0 atom stereocenters. The Hall–Kier alpha value is -2.45. The number of amides is 2. The molecule has 2 heterocycles. The van der Waals surface area contributed by atoms with Gasteiger partial charge < -0.3 is 10.2 Å². The van der Waals surface area contributed by atoms with Gasteiger partial charge in [-0.3, -0.25) is 4.98 Å². The zero-order valence-electron chi connectivity index (χ0n) is 13.9. The van der Waals surface area contributed by atoms with Crippen LogP contribution in [0.2, 0.25) is 0 Å². The monoisotopic (exact) mass is 360 g/mol. The molecule has 1 fully saturated rings. The van der Waals surface area contributed by atoms with Gasteiger partial charge in [-0.2, -0.15) is 4.31 Å². The predicted octanol–water partition coefficient (Wildman–Crippen LogP) is 1.93. The molecule has 25 heavy (non-hydrogen) atoms. The molecule has 132 valence electrons. The minimum Gasteiger partial charge on any atom is -0.322 e. The summed E-state index contributed by atoms with van der Waals surface area (Å²) in [5.74, 6) is 0. The van der Waals surface area contributed by atoms with Crippen molar-refractivity contribution in [2.24, 2.45) is 0 Å². The summed E-state index contributed by atoms with van der Waals surface area (Å²) in [6, 6.07) is 10.0. The van der Waals surface area contributed by atoms with Crippen LogP contribution in [0, 0.1) is 6.92 Å². The maximum absolute atomic E-state index is 12.7. The van der Waals surface area contributed by atoms with Crippen molar-refractivity contribution in [1.82, 2.24) is 14.2 Å². The lowest BCUT2D eigenvalue weighted by Gasteiger charge is -2.34. The maximum atomic E-state index is 12.7. The van der Waals surface area contributed by atoms with Crippen LogP contribution in [0.25, 0.3) is 0 Å². The average molecular weight is 360 g/mol. The molecule has 1 aliphatic rings. The summed E-state index contributed by atoms with van der Waals surface area (Å²) in [6.07, 6.45) is 3.19. The number of sulfonamides is 1. The largest absolute Gasteiger partial charge is 0.322 e. The SMILES string of the molecule is Cc1ccc(S(=O)(=O)N2CCN(C(=O)Nc3cccnc3)CC2)cc1. The van der Waals surface area contributed by atoms with E-state index >= 15 is 0 Å². The fourth-order valence-corrected chi connectivity index (χ4v) is 4.05. The molecule has 1 saturated heterocycles. The Morgan fingerprint density at radius 1 is 1.08 bits per heavy atom. The number of aromatic nitrogens is 1. The second-order valence-electron chi connectivity index (χ2n) is 5.88. The van der Waals surface area contributed by atoms with E-state index in [-0.39, 0.29) is 24.0 Å². The summed E-state index contributed by atoms with van der Waals surface area (Å²) in [6.45, 7) is 3.15. The van der Waals surface area contributed by atoms with E-state index in [1.807, 2.05) is 6.92 Å². The lowest BCUT2D eigenvalue weighted by atomic mass is 10.2. The second-order valence-corrected chi connectivity index (χ2v) is 7.81. The molecular formula is C17H20N4O3S. The van der Waals surface area contributed by atoms with Crippen molar-refractivity contribution in [2.45, 2.75) is 11.8 Å². The van der Waals surface area contributed by atoms with Gasteiger partial charge in [0.2, 0.25) is 10.0 Å². The molecule has 8 heteroatoms. The van der Waals surface area contributed by atoms with Crippen LogP contribution in [0.5, 0.6) is 0 Å². The fraction of sp³-hybridized carbons (Fsp3) is 0.294. The van der Waals surface area contributed by atoms with Gasteiger partial charge in [-0.05, 0) is 31.2 Å². The first kappa shape index (κ1) is 17.4. The molecule has 1 N–H and O–H groups in total. The highest BCUT2D eigenvalue weighted by molar-refractivity contribution is 7.89. The molecule has 0 unspecified atom stereocenters. The smallest absolute Gasteiger partial charge is 0.321 e.